The third-order valence-corrected chi connectivity index (χ3v) is 7.77. The number of rotatable bonds is 4. The van der Waals surface area contributed by atoms with E-state index < -0.39 is 10.0 Å². The van der Waals surface area contributed by atoms with Gasteiger partial charge in [0.05, 0.1) is 11.5 Å². The van der Waals surface area contributed by atoms with Gasteiger partial charge in [-0.3, -0.25) is 4.79 Å². The minimum absolute atomic E-state index is 0.0749. The lowest BCUT2D eigenvalue weighted by Crippen LogP contribution is -2.48. The van der Waals surface area contributed by atoms with Crippen molar-refractivity contribution < 1.29 is 17.9 Å². The SMILES string of the molecule is CC(=O)c1ccc(S(=O)(=O)N2CCC(N3COCc4cccc(C)c43)CC2)cc1. The standard InChI is InChI=1S/C22H26N2O4S/c1-16-4-3-5-19-14-28-15-24(22(16)19)20-10-12-23(13-11-20)29(26,27)21-8-6-18(7-9-21)17(2)25/h3-9,20H,10-15H2,1-2H3. The van der Waals surface area contributed by atoms with Crippen molar-refractivity contribution in [2.75, 3.05) is 24.7 Å². The first-order chi connectivity index (χ1) is 13.9. The van der Waals surface area contributed by atoms with E-state index in [0.717, 1.165) is 12.8 Å². The third kappa shape index (κ3) is 3.82. The van der Waals surface area contributed by atoms with Crippen LogP contribution in [0, 0.1) is 6.92 Å². The van der Waals surface area contributed by atoms with Gasteiger partial charge in [-0.1, -0.05) is 30.3 Å². The molecule has 2 aromatic rings. The molecule has 2 aliphatic heterocycles. The van der Waals surface area contributed by atoms with Crippen molar-refractivity contribution in [3.05, 3.63) is 59.2 Å². The average Bonchev–Trinajstić information content (AvgIpc) is 2.74. The zero-order valence-corrected chi connectivity index (χ0v) is 17.6. The zero-order valence-electron chi connectivity index (χ0n) is 16.8. The maximum absolute atomic E-state index is 13.0. The van der Waals surface area contributed by atoms with Crippen LogP contribution >= 0.6 is 0 Å². The molecule has 0 unspecified atom stereocenters. The van der Waals surface area contributed by atoms with Gasteiger partial charge in [-0.2, -0.15) is 4.31 Å². The van der Waals surface area contributed by atoms with Gasteiger partial charge in [0.2, 0.25) is 10.0 Å². The fraction of sp³-hybridized carbons (Fsp3) is 0.409. The number of fused-ring (bicyclic) bond motifs is 1. The summed E-state index contributed by atoms with van der Waals surface area (Å²) in [4.78, 5) is 14.0. The number of aryl methyl sites for hydroxylation is 1. The summed E-state index contributed by atoms with van der Waals surface area (Å²) < 4.78 is 33.3. The molecule has 7 heteroatoms. The van der Waals surface area contributed by atoms with Crippen molar-refractivity contribution in [2.24, 2.45) is 0 Å². The molecule has 1 fully saturated rings. The highest BCUT2D eigenvalue weighted by Crippen LogP contribution is 2.34. The summed E-state index contributed by atoms with van der Waals surface area (Å²) in [6.07, 6.45) is 1.50. The number of anilines is 1. The molecule has 0 amide bonds. The summed E-state index contributed by atoms with van der Waals surface area (Å²) in [5.74, 6) is -0.0749. The Hall–Kier alpha value is -2.22. The minimum atomic E-state index is -3.56. The topological polar surface area (TPSA) is 66.9 Å². The van der Waals surface area contributed by atoms with E-state index in [1.165, 1.54) is 35.9 Å². The number of ketones is 1. The van der Waals surface area contributed by atoms with Crippen LogP contribution in [0.5, 0.6) is 0 Å². The number of ether oxygens (including phenoxy) is 1. The Labute approximate surface area is 172 Å². The highest BCUT2D eigenvalue weighted by Gasteiger charge is 2.33. The molecule has 2 aliphatic rings. The lowest BCUT2D eigenvalue weighted by Gasteiger charge is -2.42. The number of benzene rings is 2. The molecule has 0 atom stereocenters. The van der Waals surface area contributed by atoms with Crippen LogP contribution in [0.4, 0.5) is 5.69 Å². The maximum atomic E-state index is 13.0. The monoisotopic (exact) mass is 414 g/mol. The molecule has 154 valence electrons. The third-order valence-electron chi connectivity index (χ3n) is 5.86. The average molecular weight is 415 g/mol. The molecular weight excluding hydrogens is 388 g/mol. The second-order valence-electron chi connectivity index (χ2n) is 7.75. The fourth-order valence-electron chi connectivity index (χ4n) is 4.26. The van der Waals surface area contributed by atoms with E-state index in [4.69, 9.17) is 4.74 Å². The number of hydrogen-bond acceptors (Lipinski definition) is 5. The van der Waals surface area contributed by atoms with Gasteiger partial charge >= 0.3 is 0 Å². The highest BCUT2D eigenvalue weighted by atomic mass is 32.2. The molecule has 0 aromatic heterocycles. The van der Waals surface area contributed by atoms with Gasteiger partial charge in [-0.05, 0) is 44.4 Å². The van der Waals surface area contributed by atoms with Crippen LogP contribution < -0.4 is 4.90 Å². The van der Waals surface area contributed by atoms with Gasteiger partial charge in [-0.25, -0.2) is 8.42 Å². The predicted molar refractivity (Wildman–Crippen MR) is 112 cm³/mol. The Kier molecular flexibility index (Phi) is 5.46. The molecular formula is C22H26N2O4S. The first-order valence-electron chi connectivity index (χ1n) is 9.92. The molecule has 0 radical (unpaired) electrons. The molecule has 4 rings (SSSR count). The van der Waals surface area contributed by atoms with Crippen LogP contribution in [-0.2, 0) is 21.4 Å². The first kappa shape index (κ1) is 20.1. The molecule has 2 aromatic carbocycles. The zero-order chi connectivity index (χ0) is 20.6. The number of carbonyl (C=O) groups is 1. The van der Waals surface area contributed by atoms with E-state index in [1.807, 2.05) is 6.07 Å². The van der Waals surface area contributed by atoms with Crippen LogP contribution in [0.2, 0.25) is 0 Å². The molecule has 2 heterocycles. The molecule has 29 heavy (non-hydrogen) atoms. The molecule has 6 nitrogen and oxygen atoms in total. The fourth-order valence-corrected chi connectivity index (χ4v) is 5.73. The number of piperidine rings is 1. The molecule has 0 spiro atoms. The number of nitrogens with zero attached hydrogens (tertiary/aromatic N) is 2. The van der Waals surface area contributed by atoms with Crippen LogP contribution in [0.3, 0.4) is 0 Å². The largest absolute Gasteiger partial charge is 0.356 e. The van der Waals surface area contributed by atoms with Crippen molar-refractivity contribution in [3.63, 3.8) is 0 Å². The number of carbonyl (C=O) groups excluding carboxylic acids is 1. The van der Waals surface area contributed by atoms with Gasteiger partial charge < -0.3 is 9.64 Å². The molecule has 0 aliphatic carbocycles. The van der Waals surface area contributed by atoms with Gasteiger partial charge in [0, 0.05) is 35.9 Å². The molecule has 0 N–H and O–H groups in total. The van der Waals surface area contributed by atoms with Crippen molar-refractivity contribution in [1.82, 2.24) is 4.31 Å². The number of para-hydroxylation sites is 1. The van der Waals surface area contributed by atoms with Crippen LogP contribution in [-0.4, -0.2) is 44.4 Å². The smallest absolute Gasteiger partial charge is 0.243 e. The lowest BCUT2D eigenvalue weighted by molar-refractivity contribution is 0.0985. The predicted octanol–water partition coefficient (Wildman–Crippen LogP) is 3.35. The van der Waals surface area contributed by atoms with Crippen LogP contribution in [0.25, 0.3) is 0 Å². The van der Waals surface area contributed by atoms with Gasteiger partial charge in [-0.15, -0.1) is 0 Å². The summed E-state index contributed by atoms with van der Waals surface area (Å²) in [7, 11) is -3.56. The van der Waals surface area contributed by atoms with Crippen molar-refractivity contribution >= 4 is 21.5 Å². The Morgan fingerprint density at radius 3 is 2.41 bits per heavy atom. The van der Waals surface area contributed by atoms with E-state index in [2.05, 4.69) is 24.0 Å². The normalized spacial score (nSPS) is 18.5. The molecule has 0 bridgehead atoms. The van der Waals surface area contributed by atoms with Crippen LogP contribution in [0.1, 0.15) is 41.3 Å². The van der Waals surface area contributed by atoms with E-state index in [0.29, 0.717) is 32.0 Å². The van der Waals surface area contributed by atoms with Crippen molar-refractivity contribution in [3.8, 4) is 0 Å². The lowest BCUT2D eigenvalue weighted by atomic mass is 10.00. The van der Waals surface area contributed by atoms with E-state index in [1.54, 1.807) is 16.4 Å². The molecule has 1 saturated heterocycles. The summed E-state index contributed by atoms with van der Waals surface area (Å²) >= 11 is 0. The summed E-state index contributed by atoms with van der Waals surface area (Å²) in [6, 6.07) is 12.7. The number of hydrogen-bond donors (Lipinski definition) is 0. The highest BCUT2D eigenvalue weighted by molar-refractivity contribution is 7.89. The summed E-state index contributed by atoms with van der Waals surface area (Å²) in [6.45, 7) is 5.69. The van der Waals surface area contributed by atoms with Crippen LogP contribution in [0.15, 0.2) is 47.4 Å². The second-order valence-corrected chi connectivity index (χ2v) is 9.68. The van der Waals surface area contributed by atoms with E-state index >= 15 is 0 Å². The second kappa shape index (κ2) is 7.89. The Bertz CT molecular complexity index is 1010. The number of Topliss-reactive ketones (excluding diaryl/α,β-unsaturated/α-hetero) is 1. The Balaban J connectivity index is 1.48. The van der Waals surface area contributed by atoms with Gasteiger partial charge in [0.15, 0.2) is 5.78 Å². The number of sulfonamides is 1. The quantitative estimate of drug-likeness (QED) is 0.718. The van der Waals surface area contributed by atoms with Gasteiger partial charge in [0.1, 0.15) is 6.73 Å². The van der Waals surface area contributed by atoms with Crippen molar-refractivity contribution in [1.29, 1.82) is 0 Å². The Morgan fingerprint density at radius 2 is 1.76 bits per heavy atom. The maximum Gasteiger partial charge on any atom is 0.243 e. The summed E-state index contributed by atoms with van der Waals surface area (Å²) in [5.41, 5.74) is 4.17. The van der Waals surface area contributed by atoms with Gasteiger partial charge in [0.25, 0.3) is 0 Å². The first-order valence-corrected chi connectivity index (χ1v) is 11.4. The summed E-state index contributed by atoms with van der Waals surface area (Å²) in [5, 5.41) is 0. The van der Waals surface area contributed by atoms with E-state index in [-0.39, 0.29) is 16.7 Å². The van der Waals surface area contributed by atoms with E-state index in [9.17, 15) is 13.2 Å². The Morgan fingerprint density at radius 1 is 1.07 bits per heavy atom. The minimum Gasteiger partial charge on any atom is -0.356 e. The molecule has 0 saturated carbocycles. The van der Waals surface area contributed by atoms with Crippen molar-refractivity contribution in [2.45, 2.75) is 44.2 Å².